The molecule has 2 heterocycles. The van der Waals surface area contributed by atoms with E-state index in [-0.39, 0.29) is 30.9 Å². The molecule has 0 aromatic carbocycles. The van der Waals surface area contributed by atoms with Crippen molar-refractivity contribution in [1.82, 2.24) is 15.1 Å². The molecule has 3 rings (SSSR count). The SMILES string of the molecule is CCOCCN1CCN(C(=O)C2CC3CCCCC3N2)CC1CC.Cl.Cl. The molecule has 1 amide bonds. The number of hydrogen-bond donors (Lipinski definition) is 1. The lowest BCUT2D eigenvalue weighted by Crippen LogP contribution is -2.58. The molecule has 3 aliphatic rings. The second-order valence-corrected chi connectivity index (χ2v) is 7.69. The maximum Gasteiger partial charge on any atom is 0.239 e. The first-order chi connectivity index (χ1) is 11.7. The fourth-order valence-electron chi connectivity index (χ4n) is 4.83. The van der Waals surface area contributed by atoms with Gasteiger partial charge in [-0.2, -0.15) is 0 Å². The summed E-state index contributed by atoms with van der Waals surface area (Å²) < 4.78 is 5.51. The molecule has 5 nitrogen and oxygen atoms in total. The van der Waals surface area contributed by atoms with Crippen LogP contribution < -0.4 is 5.32 Å². The predicted molar refractivity (Wildman–Crippen MR) is 111 cm³/mol. The number of amides is 1. The van der Waals surface area contributed by atoms with Gasteiger partial charge >= 0.3 is 0 Å². The number of carbonyl (C=O) groups excluding carboxylic acids is 1. The number of carbonyl (C=O) groups is 1. The summed E-state index contributed by atoms with van der Waals surface area (Å²) in [7, 11) is 0. The lowest BCUT2D eigenvalue weighted by molar-refractivity contribution is -0.136. The van der Waals surface area contributed by atoms with Gasteiger partial charge in [-0.25, -0.2) is 0 Å². The molecule has 0 aromatic heterocycles. The second-order valence-electron chi connectivity index (χ2n) is 7.69. The van der Waals surface area contributed by atoms with E-state index in [4.69, 9.17) is 4.74 Å². The molecule has 7 heteroatoms. The Labute approximate surface area is 171 Å². The van der Waals surface area contributed by atoms with E-state index in [2.05, 4.69) is 22.0 Å². The Balaban J connectivity index is 0.00000169. The highest BCUT2D eigenvalue weighted by Crippen LogP contribution is 2.33. The number of rotatable bonds is 6. The highest BCUT2D eigenvalue weighted by Gasteiger charge is 2.40. The van der Waals surface area contributed by atoms with Crippen molar-refractivity contribution in [2.45, 2.75) is 70.5 Å². The van der Waals surface area contributed by atoms with Crippen LogP contribution in [0, 0.1) is 5.92 Å². The van der Waals surface area contributed by atoms with Gasteiger partial charge in [0, 0.05) is 44.9 Å². The van der Waals surface area contributed by atoms with Gasteiger partial charge in [-0.15, -0.1) is 24.8 Å². The van der Waals surface area contributed by atoms with Crippen LogP contribution in [0.25, 0.3) is 0 Å². The quantitative estimate of drug-likeness (QED) is 0.684. The van der Waals surface area contributed by atoms with E-state index in [0.717, 1.165) is 58.2 Å². The van der Waals surface area contributed by atoms with Crippen LogP contribution in [-0.2, 0) is 9.53 Å². The van der Waals surface area contributed by atoms with Gasteiger partial charge in [-0.1, -0.05) is 19.8 Å². The van der Waals surface area contributed by atoms with E-state index >= 15 is 0 Å². The smallest absolute Gasteiger partial charge is 0.239 e. The molecular weight excluding hydrogens is 373 g/mol. The average molecular weight is 410 g/mol. The fraction of sp³-hybridized carbons (Fsp3) is 0.947. The van der Waals surface area contributed by atoms with E-state index in [1.54, 1.807) is 0 Å². The van der Waals surface area contributed by atoms with Gasteiger partial charge in [0.15, 0.2) is 0 Å². The predicted octanol–water partition coefficient (Wildman–Crippen LogP) is 2.71. The van der Waals surface area contributed by atoms with Crippen molar-refractivity contribution >= 4 is 30.7 Å². The van der Waals surface area contributed by atoms with Gasteiger partial charge in [0.1, 0.15) is 0 Å². The lowest BCUT2D eigenvalue weighted by Gasteiger charge is -2.42. The molecule has 2 saturated heterocycles. The van der Waals surface area contributed by atoms with Crippen LogP contribution in [0.15, 0.2) is 0 Å². The monoisotopic (exact) mass is 409 g/mol. The van der Waals surface area contributed by atoms with E-state index in [9.17, 15) is 4.79 Å². The zero-order valence-electron chi connectivity index (χ0n) is 16.3. The minimum absolute atomic E-state index is 0. The minimum Gasteiger partial charge on any atom is -0.380 e. The maximum atomic E-state index is 13.0. The van der Waals surface area contributed by atoms with E-state index < -0.39 is 0 Å². The topological polar surface area (TPSA) is 44.8 Å². The summed E-state index contributed by atoms with van der Waals surface area (Å²) in [6.45, 7) is 9.58. The first-order valence-electron chi connectivity index (χ1n) is 10.1. The molecule has 154 valence electrons. The zero-order valence-corrected chi connectivity index (χ0v) is 18.0. The molecule has 1 saturated carbocycles. The van der Waals surface area contributed by atoms with Gasteiger partial charge < -0.3 is 15.0 Å². The van der Waals surface area contributed by atoms with Crippen LogP contribution in [-0.4, -0.2) is 73.2 Å². The van der Waals surface area contributed by atoms with Gasteiger partial charge in [0.2, 0.25) is 5.91 Å². The van der Waals surface area contributed by atoms with Crippen LogP contribution in [0.5, 0.6) is 0 Å². The number of nitrogens with zero attached hydrogens (tertiary/aromatic N) is 2. The van der Waals surface area contributed by atoms with Crippen molar-refractivity contribution in [3.05, 3.63) is 0 Å². The van der Waals surface area contributed by atoms with Crippen molar-refractivity contribution in [2.75, 3.05) is 39.4 Å². The minimum atomic E-state index is 0. The third-order valence-electron chi connectivity index (χ3n) is 6.28. The van der Waals surface area contributed by atoms with E-state index in [0.29, 0.717) is 18.0 Å². The maximum absolute atomic E-state index is 13.0. The molecule has 3 fully saturated rings. The number of fused-ring (bicyclic) bond motifs is 1. The highest BCUT2D eigenvalue weighted by atomic mass is 35.5. The van der Waals surface area contributed by atoms with Gasteiger partial charge in [0.25, 0.3) is 0 Å². The third-order valence-corrected chi connectivity index (χ3v) is 6.28. The van der Waals surface area contributed by atoms with Gasteiger partial charge in [-0.05, 0) is 38.5 Å². The molecular formula is C19H37Cl2N3O2. The van der Waals surface area contributed by atoms with Crippen LogP contribution in [0.2, 0.25) is 0 Å². The van der Waals surface area contributed by atoms with E-state index in [1.807, 2.05) is 6.92 Å². The Morgan fingerprint density at radius 3 is 2.62 bits per heavy atom. The second kappa shape index (κ2) is 11.7. The Morgan fingerprint density at radius 1 is 1.15 bits per heavy atom. The molecule has 26 heavy (non-hydrogen) atoms. The van der Waals surface area contributed by atoms with Crippen molar-refractivity contribution < 1.29 is 9.53 Å². The largest absolute Gasteiger partial charge is 0.380 e. The third kappa shape index (κ3) is 5.71. The normalized spacial score (nSPS) is 31.7. The lowest BCUT2D eigenvalue weighted by atomic mass is 9.85. The van der Waals surface area contributed by atoms with Crippen LogP contribution in [0.3, 0.4) is 0 Å². The molecule has 4 atom stereocenters. The molecule has 4 unspecified atom stereocenters. The number of hydrogen-bond acceptors (Lipinski definition) is 4. The summed E-state index contributed by atoms with van der Waals surface area (Å²) in [5.74, 6) is 1.09. The van der Waals surface area contributed by atoms with Crippen LogP contribution >= 0.6 is 24.8 Å². The Morgan fingerprint density at radius 2 is 1.92 bits per heavy atom. The van der Waals surface area contributed by atoms with Crippen molar-refractivity contribution in [2.24, 2.45) is 5.92 Å². The molecule has 0 bridgehead atoms. The summed E-state index contributed by atoms with van der Waals surface area (Å²) in [5, 5.41) is 3.65. The molecule has 0 radical (unpaired) electrons. The molecule has 0 spiro atoms. The van der Waals surface area contributed by atoms with Crippen LogP contribution in [0.1, 0.15) is 52.4 Å². The summed E-state index contributed by atoms with van der Waals surface area (Å²) in [6.07, 6.45) is 7.40. The Hall–Kier alpha value is -0.0700. The summed E-state index contributed by atoms with van der Waals surface area (Å²) in [6, 6.07) is 1.15. The van der Waals surface area contributed by atoms with Crippen molar-refractivity contribution in [3.63, 3.8) is 0 Å². The average Bonchev–Trinajstić information content (AvgIpc) is 3.05. The van der Waals surface area contributed by atoms with Gasteiger partial charge in [0.05, 0.1) is 12.6 Å². The van der Waals surface area contributed by atoms with E-state index in [1.165, 1.54) is 25.7 Å². The fourth-order valence-corrected chi connectivity index (χ4v) is 4.83. The Kier molecular flexibility index (Phi) is 10.8. The standard InChI is InChI=1S/C19H35N3O2.2ClH/c1-3-16-14-22(10-9-21(16)11-12-24-4-2)19(23)18-13-15-7-5-6-8-17(15)20-18;;/h15-18,20H,3-14H2,1-2H3;2*1H. The number of ether oxygens (including phenoxy) is 1. The number of halogens is 2. The molecule has 0 aromatic rings. The van der Waals surface area contributed by atoms with Crippen LogP contribution in [0.4, 0.5) is 0 Å². The first kappa shape index (κ1) is 24.0. The summed E-state index contributed by atoms with van der Waals surface area (Å²) in [4.78, 5) is 17.6. The molecule has 1 N–H and O–H groups in total. The van der Waals surface area contributed by atoms with Gasteiger partial charge in [-0.3, -0.25) is 9.69 Å². The molecule has 2 aliphatic heterocycles. The first-order valence-corrected chi connectivity index (χ1v) is 10.1. The highest BCUT2D eigenvalue weighted by molar-refractivity contribution is 5.85. The molecule has 1 aliphatic carbocycles. The van der Waals surface area contributed by atoms with Crippen molar-refractivity contribution in [1.29, 1.82) is 0 Å². The number of piperazine rings is 1. The van der Waals surface area contributed by atoms with Crippen molar-refractivity contribution in [3.8, 4) is 0 Å². The zero-order chi connectivity index (χ0) is 16.9. The Bertz CT molecular complexity index is 414. The summed E-state index contributed by atoms with van der Waals surface area (Å²) >= 11 is 0. The summed E-state index contributed by atoms with van der Waals surface area (Å²) in [5.41, 5.74) is 0. The number of nitrogens with one attached hydrogen (secondary N) is 1.